The molecule has 0 radical (unpaired) electrons. The van der Waals surface area contributed by atoms with Crippen LogP contribution in [0.25, 0.3) is 16.4 Å². The number of thiophene rings is 1. The van der Waals surface area contributed by atoms with Crippen molar-refractivity contribution in [2.45, 2.75) is 0 Å². The summed E-state index contributed by atoms with van der Waals surface area (Å²) in [7, 11) is 0. The average molecular weight is 365 g/mol. The molecule has 8 heteroatoms. The number of hydrogen-bond acceptors (Lipinski definition) is 5. The van der Waals surface area contributed by atoms with Crippen molar-refractivity contribution in [1.29, 1.82) is 0 Å². The third kappa shape index (κ3) is 3.22. The first kappa shape index (κ1) is 16.1. The van der Waals surface area contributed by atoms with Gasteiger partial charge < -0.3 is 5.32 Å². The molecule has 0 saturated heterocycles. The summed E-state index contributed by atoms with van der Waals surface area (Å²) in [5.41, 5.74) is 0.484. The van der Waals surface area contributed by atoms with Crippen molar-refractivity contribution in [3.63, 3.8) is 0 Å². The Morgan fingerprint density at radius 3 is 2.77 bits per heavy atom. The SMILES string of the molecule is O=C(Nc1ccccn1)c1nc(-c2cccs2)n(-c2cccc(F)c2)n1. The zero-order valence-electron chi connectivity index (χ0n) is 13.3. The molecule has 1 amide bonds. The van der Waals surface area contributed by atoms with E-state index in [1.54, 1.807) is 36.5 Å². The van der Waals surface area contributed by atoms with Crippen LogP contribution in [-0.4, -0.2) is 25.7 Å². The molecule has 1 aromatic carbocycles. The minimum absolute atomic E-state index is 0.0247. The van der Waals surface area contributed by atoms with Gasteiger partial charge in [-0.25, -0.2) is 19.0 Å². The quantitative estimate of drug-likeness (QED) is 0.597. The number of benzene rings is 1. The Balaban J connectivity index is 1.75. The lowest BCUT2D eigenvalue weighted by molar-refractivity contribution is 0.101. The van der Waals surface area contributed by atoms with Crippen LogP contribution in [0.3, 0.4) is 0 Å². The molecule has 26 heavy (non-hydrogen) atoms. The highest BCUT2D eigenvalue weighted by atomic mass is 32.1. The number of nitrogens with one attached hydrogen (secondary N) is 1. The highest BCUT2D eigenvalue weighted by Gasteiger charge is 2.20. The molecule has 0 fully saturated rings. The van der Waals surface area contributed by atoms with E-state index >= 15 is 0 Å². The topological polar surface area (TPSA) is 72.7 Å². The van der Waals surface area contributed by atoms with Gasteiger partial charge in [0.05, 0.1) is 10.6 Å². The van der Waals surface area contributed by atoms with Gasteiger partial charge in [0.2, 0.25) is 5.82 Å². The molecule has 4 aromatic rings. The van der Waals surface area contributed by atoms with Crippen molar-refractivity contribution in [3.05, 3.63) is 77.8 Å². The predicted octanol–water partition coefficient (Wildman–Crippen LogP) is 3.78. The molecule has 0 aliphatic carbocycles. The highest BCUT2D eigenvalue weighted by molar-refractivity contribution is 7.13. The van der Waals surface area contributed by atoms with Crippen LogP contribution in [-0.2, 0) is 0 Å². The van der Waals surface area contributed by atoms with Crippen LogP contribution in [0.1, 0.15) is 10.6 Å². The van der Waals surface area contributed by atoms with E-state index in [9.17, 15) is 9.18 Å². The summed E-state index contributed by atoms with van der Waals surface area (Å²) in [5, 5.41) is 8.82. The molecule has 6 nitrogen and oxygen atoms in total. The molecule has 0 aliphatic rings. The Morgan fingerprint density at radius 2 is 2.04 bits per heavy atom. The Morgan fingerprint density at radius 1 is 1.12 bits per heavy atom. The van der Waals surface area contributed by atoms with E-state index in [2.05, 4.69) is 20.4 Å². The highest BCUT2D eigenvalue weighted by Crippen LogP contribution is 2.26. The smallest absolute Gasteiger partial charge is 0.296 e. The first-order chi connectivity index (χ1) is 12.7. The second-order valence-corrected chi connectivity index (χ2v) is 6.24. The zero-order valence-corrected chi connectivity index (χ0v) is 14.2. The van der Waals surface area contributed by atoms with E-state index in [-0.39, 0.29) is 5.82 Å². The van der Waals surface area contributed by atoms with Crippen molar-refractivity contribution in [2.24, 2.45) is 0 Å². The van der Waals surface area contributed by atoms with Gasteiger partial charge in [0, 0.05) is 6.20 Å². The summed E-state index contributed by atoms with van der Waals surface area (Å²) in [5.74, 6) is -0.0383. The summed E-state index contributed by atoms with van der Waals surface area (Å²) >= 11 is 1.46. The van der Waals surface area contributed by atoms with Gasteiger partial charge >= 0.3 is 0 Å². The fraction of sp³-hybridized carbons (Fsp3) is 0. The number of carbonyl (C=O) groups excluding carboxylic acids is 1. The molecule has 0 aliphatic heterocycles. The van der Waals surface area contributed by atoms with Crippen LogP contribution in [0, 0.1) is 5.82 Å². The first-order valence-corrected chi connectivity index (χ1v) is 8.58. The van der Waals surface area contributed by atoms with E-state index < -0.39 is 11.7 Å². The molecule has 0 spiro atoms. The number of rotatable bonds is 4. The number of hydrogen-bond donors (Lipinski definition) is 1. The Bertz CT molecular complexity index is 1050. The minimum atomic E-state index is -0.489. The van der Waals surface area contributed by atoms with Gasteiger partial charge in [0.15, 0.2) is 5.82 Å². The number of amides is 1. The van der Waals surface area contributed by atoms with Gasteiger partial charge in [-0.1, -0.05) is 18.2 Å². The van der Waals surface area contributed by atoms with Crippen molar-refractivity contribution in [3.8, 4) is 16.4 Å². The Labute approximate surface area is 152 Å². The molecule has 0 bridgehead atoms. The standard InChI is InChI=1S/C18H12FN5OS/c19-12-5-3-6-13(11-12)24-17(14-7-4-10-26-14)22-16(23-24)18(25)21-15-8-1-2-9-20-15/h1-11H,(H,20,21,25). The number of pyridine rings is 1. The largest absolute Gasteiger partial charge is 0.304 e. The van der Waals surface area contributed by atoms with Gasteiger partial charge in [-0.2, -0.15) is 0 Å². The zero-order chi connectivity index (χ0) is 17.9. The van der Waals surface area contributed by atoms with Crippen LogP contribution in [0.5, 0.6) is 0 Å². The fourth-order valence-corrected chi connectivity index (χ4v) is 3.07. The number of halogens is 1. The first-order valence-electron chi connectivity index (χ1n) is 7.70. The third-order valence-corrected chi connectivity index (χ3v) is 4.38. The molecular formula is C18H12FN5OS. The maximum Gasteiger partial charge on any atom is 0.296 e. The van der Waals surface area contributed by atoms with E-state index in [4.69, 9.17) is 0 Å². The minimum Gasteiger partial charge on any atom is -0.304 e. The normalized spacial score (nSPS) is 10.7. The van der Waals surface area contributed by atoms with Gasteiger partial charge in [-0.05, 0) is 41.8 Å². The van der Waals surface area contributed by atoms with Crippen LogP contribution in [0.15, 0.2) is 66.2 Å². The third-order valence-electron chi connectivity index (χ3n) is 3.51. The Hall–Kier alpha value is -3.39. The van der Waals surface area contributed by atoms with E-state index in [1.165, 1.54) is 28.2 Å². The second kappa shape index (κ2) is 6.85. The lowest BCUT2D eigenvalue weighted by Crippen LogP contribution is -2.15. The van der Waals surface area contributed by atoms with Crippen LogP contribution >= 0.6 is 11.3 Å². The number of nitrogens with zero attached hydrogens (tertiary/aromatic N) is 4. The summed E-state index contributed by atoms with van der Waals surface area (Å²) in [4.78, 5) is 21.7. The molecular weight excluding hydrogens is 353 g/mol. The Kier molecular flexibility index (Phi) is 4.24. The van der Waals surface area contributed by atoms with Gasteiger partial charge in [0.25, 0.3) is 5.91 Å². The number of anilines is 1. The van der Waals surface area contributed by atoms with Crippen molar-refractivity contribution < 1.29 is 9.18 Å². The van der Waals surface area contributed by atoms with Crippen molar-refractivity contribution in [2.75, 3.05) is 5.32 Å². The predicted molar refractivity (Wildman–Crippen MR) is 96.8 cm³/mol. The molecule has 3 heterocycles. The summed E-state index contributed by atoms with van der Waals surface area (Å²) in [6.07, 6.45) is 1.57. The number of carbonyl (C=O) groups is 1. The summed E-state index contributed by atoms with van der Waals surface area (Å²) < 4.78 is 15.1. The van der Waals surface area contributed by atoms with Gasteiger partial charge in [-0.15, -0.1) is 16.4 Å². The molecule has 0 unspecified atom stereocenters. The number of aromatic nitrogens is 4. The van der Waals surface area contributed by atoms with Gasteiger partial charge in [-0.3, -0.25) is 4.79 Å². The molecule has 128 valence electrons. The summed E-state index contributed by atoms with van der Waals surface area (Å²) in [6, 6.07) is 14.9. The lowest BCUT2D eigenvalue weighted by Gasteiger charge is -2.04. The lowest BCUT2D eigenvalue weighted by atomic mass is 10.3. The molecule has 1 N–H and O–H groups in total. The van der Waals surface area contributed by atoms with Crippen LogP contribution < -0.4 is 5.32 Å². The van der Waals surface area contributed by atoms with E-state index in [0.717, 1.165) is 4.88 Å². The fourth-order valence-electron chi connectivity index (χ4n) is 2.37. The van der Waals surface area contributed by atoms with Crippen molar-refractivity contribution in [1.82, 2.24) is 19.7 Å². The molecule has 0 saturated carbocycles. The van der Waals surface area contributed by atoms with Crippen LogP contribution in [0.4, 0.5) is 10.2 Å². The monoisotopic (exact) mass is 365 g/mol. The average Bonchev–Trinajstić information content (AvgIpc) is 3.32. The van der Waals surface area contributed by atoms with E-state index in [0.29, 0.717) is 17.3 Å². The molecule has 0 atom stereocenters. The molecule has 4 rings (SSSR count). The maximum absolute atomic E-state index is 13.6. The van der Waals surface area contributed by atoms with Crippen LogP contribution in [0.2, 0.25) is 0 Å². The van der Waals surface area contributed by atoms with Gasteiger partial charge in [0.1, 0.15) is 11.6 Å². The van der Waals surface area contributed by atoms with Crippen molar-refractivity contribution >= 4 is 23.1 Å². The van der Waals surface area contributed by atoms with E-state index in [1.807, 2.05) is 17.5 Å². The molecule has 3 aromatic heterocycles. The maximum atomic E-state index is 13.6. The second-order valence-electron chi connectivity index (χ2n) is 5.30. The summed E-state index contributed by atoms with van der Waals surface area (Å²) in [6.45, 7) is 0.